The highest BCUT2D eigenvalue weighted by Gasteiger charge is 2.13. The predicted octanol–water partition coefficient (Wildman–Crippen LogP) is 2.18. The molecule has 0 aliphatic carbocycles. The Morgan fingerprint density at radius 3 is 2.74 bits per heavy atom. The van der Waals surface area contributed by atoms with Crippen LogP contribution in [-0.2, 0) is 4.74 Å². The fraction of sp³-hybridized carbons (Fsp3) is 0.133. The maximum atomic E-state index is 11.6. The van der Waals surface area contributed by atoms with Gasteiger partial charge in [-0.25, -0.2) is 4.79 Å². The first kappa shape index (κ1) is 16.5. The molecule has 23 heavy (non-hydrogen) atoms. The average molecular weight is 333 g/mol. The first-order valence-corrected chi connectivity index (χ1v) is 7.41. The summed E-state index contributed by atoms with van der Waals surface area (Å²) in [5, 5.41) is 15.5. The van der Waals surface area contributed by atoms with Gasteiger partial charge < -0.3 is 15.6 Å². The molecule has 1 amide bonds. The third kappa shape index (κ3) is 3.67. The average Bonchev–Trinajstić information content (AvgIpc) is 3.00. The van der Waals surface area contributed by atoms with Crippen LogP contribution in [0.15, 0.2) is 34.7 Å². The number of phenols is 1. The van der Waals surface area contributed by atoms with E-state index in [9.17, 15) is 14.7 Å². The van der Waals surface area contributed by atoms with Gasteiger partial charge in [0.2, 0.25) is 0 Å². The number of nitrogens with zero attached hydrogens (tertiary/aromatic N) is 1. The second kappa shape index (κ2) is 6.93. The van der Waals surface area contributed by atoms with E-state index in [1.54, 1.807) is 24.4 Å². The van der Waals surface area contributed by atoms with Gasteiger partial charge in [0.15, 0.2) is 0 Å². The third-order valence-corrected chi connectivity index (χ3v) is 3.95. The molecule has 4 N–H and O–H groups in total. The maximum absolute atomic E-state index is 11.6. The number of amides is 1. The first-order chi connectivity index (χ1) is 10.9. The van der Waals surface area contributed by atoms with Crippen LogP contribution in [0.1, 0.15) is 32.5 Å². The Labute approximate surface area is 136 Å². The second-order valence-corrected chi connectivity index (χ2v) is 5.48. The van der Waals surface area contributed by atoms with Gasteiger partial charge in [-0.05, 0) is 42.1 Å². The molecule has 1 heterocycles. The van der Waals surface area contributed by atoms with Crippen molar-refractivity contribution < 1.29 is 19.4 Å². The van der Waals surface area contributed by atoms with Crippen LogP contribution in [0, 0.1) is 0 Å². The van der Waals surface area contributed by atoms with Gasteiger partial charge in [0, 0.05) is 0 Å². The molecule has 0 atom stereocenters. The summed E-state index contributed by atoms with van der Waals surface area (Å²) in [5.74, 6) is -1.36. The van der Waals surface area contributed by atoms with Crippen LogP contribution in [-0.4, -0.2) is 29.8 Å². The fourth-order valence-electron chi connectivity index (χ4n) is 1.82. The monoisotopic (exact) mass is 333 g/mol. The van der Waals surface area contributed by atoms with Crippen molar-refractivity contribution >= 4 is 34.6 Å². The number of benzene rings is 1. The van der Waals surface area contributed by atoms with Gasteiger partial charge in [0.25, 0.3) is 5.91 Å². The standard InChI is InChI=1S/C15H15N3O4S/c1-8(9-3-4-12(19)10(7-9)14(16)20)17-18-11-5-6-23-13(11)15(21)22-2/h3-7,18-19H,1-2H3,(H2,16,20)/b17-8+. The number of nitrogens with one attached hydrogen (secondary N) is 1. The van der Waals surface area contributed by atoms with E-state index in [4.69, 9.17) is 5.73 Å². The Hall–Kier alpha value is -2.87. The van der Waals surface area contributed by atoms with Gasteiger partial charge in [-0.2, -0.15) is 5.10 Å². The minimum atomic E-state index is -0.726. The molecule has 0 saturated carbocycles. The number of carbonyl (C=O) groups is 2. The van der Waals surface area contributed by atoms with E-state index < -0.39 is 11.9 Å². The third-order valence-electron chi connectivity index (χ3n) is 3.06. The molecule has 0 saturated heterocycles. The van der Waals surface area contributed by atoms with Crippen LogP contribution in [0.3, 0.4) is 0 Å². The number of aromatic hydroxyl groups is 1. The van der Waals surface area contributed by atoms with Crippen molar-refractivity contribution in [1.29, 1.82) is 0 Å². The van der Waals surface area contributed by atoms with E-state index in [0.29, 0.717) is 21.8 Å². The number of carbonyl (C=O) groups excluding carboxylic acids is 2. The summed E-state index contributed by atoms with van der Waals surface area (Å²) in [7, 11) is 1.31. The molecule has 8 heteroatoms. The molecule has 0 bridgehead atoms. The van der Waals surface area contributed by atoms with Crippen LogP contribution in [0.25, 0.3) is 0 Å². The molecule has 2 aromatic rings. The Bertz CT molecular complexity index is 783. The highest BCUT2D eigenvalue weighted by molar-refractivity contribution is 7.12. The van der Waals surface area contributed by atoms with E-state index in [1.807, 2.05) is 0 Å². The number of rotatable bonds is 5. The summed E-state index contributed by atoms with van der Waals surface area (Å²) in [5.41, 5.74) is 9.69. The van der Waals surface area contributed by atoms with Crippen molar-refractivity contribution in [3.8, 4) is 5.75 Å². The molecule has 0 spiro atoms. The van der Waals surface area contributed by atoms with E-state index in [-0.39, 0.29) is 11.3 Å². The quantitative estimate of drug-likeness (QED) is 0.441. The maximum Gasteiger partial charge on any atom is 0.350 e. The minimum Gasteiger partial charge on any atom is -0.507 e. The van der Waals surface area contributed by atoms with Crippen molar-refractivity contribution in [3.05, 3.63) is 45.6 Å². The topological polar surface area (TPSA) is 114 Å². The van der Waals surface area contributed by atoms with Crippen LogP contribution < -0.4 is 11.2 Å². The van der Waals surface area contributed by atoms with Crippen LogP contribution >= 0.6 is 11.3 Å². The molecule has 0 fully saturated rings. The summed E-state index contributed by atoms with van der Waals surface area (Å²) in [6, 6.07) is 6.14. The molecule has 120 valence electrons. The van der Waals surface area contributed by atoms with E-state index in [2.05, 4.69) is 15.3 Å². The van der Waals surface area contributed by atoms with Gasteiger partial charge in [0.1, 0.15) is 10.6 Å². The number of hydrogen-bond acceptors (Lipinski definition) is 7. The Morgan fingerprint density at radius 1 is 1.35 bits per heavy atom. The van der Waals surface area contributed by atoms with Crippen molar-refractivity contribution in [2.24, 2.45) is 10.8 Å². The van der Waals surface area contributed by atoms with Gasteiger partial charge in [0.05, 0.1) is 24.1 Å². The number of methoxy groups -OCH3 is 1. The lowest BCUT2D eigenvalue weighted by molar-refractivity contribution is 0.0607. The lowest BCUT2D eigenvalue weighted by Crippen LogP contribution is -2.12. The number of thiophene rings is 1. The number of nitrogens with two attached hydrogens (primary N) is 1. The largest absolute Gasteiger partial charge is 0.507 e. The van der Waals surface area contributed by atoms with E-state index in [0.717, 1.165) is 0 Å². The Kier molecular flexibility index (Phi) is 4.97. The van der Waals surface area contributed by atoms with Gasteiger partial charge in [-0.1, -0.05) is 0 Å². The summed E-state index contributed by atoms with van der Waals surface area (Å²) < 4.78 is 4.69. The van der Waals surface area contributed by atoms with Crippen LogP contribution in [0.5, 0.6) is 5.75 Å². The normalized spacial score (nSPS) is 11.1. The first-order valence-electron chi connectivity index (χ1n) is 6.53. The zero-order valence-electron chi connectivity index (χ0n) is 12.5. The van der Waals surface area contributed by atoms with E-state index >= 15 is 0 Å². The van der Waals surface area contributed by atoms with Crippen molar-refractivity contribution in [2.45, 2.75) is 6.92 Å². The van der Waals surface area contributed by atoms with Crippen molar-refractivity contribution in [2.75, 3.05) is 12.5 Å². The molecule has 0 radical (unpaired) electrons. The molecule has 0 unspecified atom stereocenters. The molecular weight excluding hydrogens is 318 g/mol. The van der Waals surface area contributed by atoms with Gasteiger partial charge in [-0.15, -0.1) is 11.3 Å². The molecule has 7 nitrogen and oxygen atoms in total. The SMILES string of the molecule is COC(=O)c1sccc1N/N=C(\C)c1ccc(O)c(C(N)=O)c1. The Balaban J connectivity index is 2.24. The summed E-state index contributed by atoms with van der Waals surface area (Å²) in [6.07, 6.45) is 0. The van der Waals surface area contributed by atoms with Crippen LogP contribution in [0.4, 0.5) is 5.69 Å². The fourth-order valence-corrected chi connectivity index (χ4v) is 2.58. The summed E-state index contributed by atoms with van der Waals surface area (Å²) in [4.78, 5) is 23.2. The molecule has 0 aliphatic rings. The number of primary amides is 1. The molecule has 1 aromatic carbocycles. The summed E-state index contributed by atoms with van der Waals surface area (Å²) >= 11 is 1.24. The number of ether oxygens (including phenoxy) is 1. The zero-order valence-corrected chi connectivity index (χ0v) is 13.3. The lowest BCUT2D eigenvalue weighted by Gasteiger charge is -2.06. The number of hydrazone groups is 1. The minimum absolute atomic E-state index is 0.0165. The molecule has 0 aliphatic heterocycles. The smallest absolute Gasteiger partial charge is 0.350 e. The molecule has 1 aromatic heterocycles. The van der Waals surface area contributed by atoms with Crippen molar-refractivity contribution in [1.82, 2.24) is 0 Å². The number of anilines is 1. The highest BCUT2D eigenvalue weighted by atomic mass is 32.1. The second-order valence-electron chi connectivity index (χ2n) is 4.56. The van der Waals surface area contributed by atoms with E-state index in [1.165, 1.54) is 30.6 Å². The van der Waals surface area contributed by atoms with Crippen molar-refractivity contribution in [3.63, 3.8) is 0 Å². The molecule has 2 rings (SSSR count). The zero-order chi connectivity index (χ0) is 17.0. The Morgan fingerprint density at radius 2 is 2.09 bits per heavy atom. The van der Waals surface area contributed by atoms with Crippen LogP contribution in [0.2, 0.25) is 0 Å². The van der Waals surface area contributed by atoms with Gasteiger partial charge in [-0.3, -0.25) is 10.2 Å². The summed E-state index contributed by atoms with van der Waals surface area (Å²) in [6.45, 7) is 1.72. The number of hydrogen-bond donors (Lipinski definition) is 3. The lowest BCUT2D eigenvalue weighted by atomic mass is 10.1. The molecular formula is C15H15N3O4S. The highest BCUT2D eigenvalue weighted by Crippen LogP contribution is 2.23. The number of esters is 1. The van der Waals surface area contributed by atoms with Gasteiger partial charge >= 0.3 is 5.97 Å². The predicted molar refractivity (Wildman–Crippen MR) is 88.1 cm³/mol.